The van der Waals surface area contributed by atoms with Crippen molar-refractivity contribution in [2.45, 2.75) is 30.2 Å². The number of imidazole rings is 1. The molecule has 2 unspecified atom stereocenters. The maximum Gasteiger partial charge on any atom is 0.323 e. The Labute approximate surface area is 122 Å². The van der Waals surface area contributed by atoms with Gasteiger partial charge in [-0.2, -0.15) is 0 Å². The number of H-pyrrole nitrogens is 2. The molecule has 2 atom stereocenters. The molecule has 114 valence electrons. The quantitative estimate of drug-likeness (QED) is 0.647. The van der Waals surface area contributed by atoms with Crippen molar-refractivity contribution in [3.63, 3.8) is 0 Å². The van der Waals surface area contributed by atoms with Gasteiger partial charge in [0.05, 0.1) is 15.9 Å². The molecule has 0 amide bonds. The lowest BCUT2D eigenvalue weighted by molar-refractivity contribution is 0.453. The zero-order valence-electron chi connectivity index (χ0n) is 11.4. The molecule has 0 bridgehead atoms. The van der Waals surface area contributed by atoms with Gasteiger partial charge in [0.2, 0.25) is 10.0 Å². The van der Waals surface area contributed by atoms with Crippen molar-refractivity contribution in [1.82, 2.24) is 14.7 Å². The molecule has 3 rings (SSSR count). The number of aromatic nitrogens is 2. The van der Waals surface area contributed by atoms with E-state index in [0.717, 1.165) is 19.3 Å². The van der Waals surface area contributed by atoms with Crippen LogP contribution in [0.1, 0.15) is 19.3 Å². The third-order valence-electron chi connectivity index (χ3n) is 4.07. The van der Waals surface area contributed by atoms with Crippen LogP contribution in [0.5, 0.6) is 0 Å². The van der Waals surface area contributed by atoms with Gasteiger partial charge in [-0.15, -0.1) is 0 Å². The van der Waals surface area contributed by atoms with Crippen molar-refractivity contribution in [1.29, 1.82) is 0 Å². The van der Waals surface area contributed by atoms with E-state index in [1.807, 2.05) is 0 Å². The van der Waals surface area contributed by atoms with E-state index in [1.165, 1.54) is 12.1 Å². The van der Waals surface area contributed by atoms with Gasteiger partial charge in [0.25, 0.3) is 0 Å². The molecule has 1 saturated carbocycles. The summed E-state index contributed by atoms with van der Waals surface area (Å²) in [5.41, 5.74) is 6.38. The van der Waals surface area contributed by atoms with Crippen LogP contribution in [0.15, 0.2) is 27.9 Å². The van der Waals surface area contributed by atoms with Crippen LogP contribution in [-0.4, -0.2) is 31.0 Å². The van der Waals surface area contributed by atoms with Gasteiger partial charge in [-0.25, -0.2) is 17.9 Å². The van der Waals surface area contributed by atoms with Crippen LogP contribution >= 0.6 is 0 Å². The second kappa shape index (κ2) is 5.28. The number of hydrogen-bond donors (Lipinski definition) is 4. The molecule has 1 aliphatic rings. The average Bonchev–Trinajstić information content (AvgIpc) is 3.01. The standard InChI is InChI=1S/C13H18N4O3S/c14-7-8-2-1-3-10(8)17-21(19,20)9-4-5-11-12(6-9)16-13(18)15-11/h4-6,8,10,17H,1-3,7,14H2,(H2,15,16,18). The molecule has 8 heteroatoms. The van der Waals surface area contributed by atoms with Gasteiger partial charge in [-0.05, 0) is 43.5 Å². The van der Waals surface area contributed by atoms with Crippen molar-refractivity contribution in [3.8, 4) is 0 Å². The molecule has 5 N–H and O–H groups in total. The molecule has 1 aliphatic carbocycles. The number of nitrogens with one attached hydrogen (secondary N) is 3. The highest BCUT2D eigenvalue weighted by molar-refractivity contribution is 7.89. The predicted molar refractivity (Wildman–Crippen MR) is 79.4 cm³/mol. The van der Waals surface area contributed by atoms with Crippen LogP contribution in [0.3, 0.4) is 0 Å². The molecule has 1 fully saturated rings. The maximum atomic E-state index is 12.4. The van der Waals surface area contributed by atoms with E-state index in [0.29, 0.717) is 17.6 Å². The molecule has 0 radical (unpaired) electrons. The molecule has 2 aromatic rings. The Bertz CT molecular complexity index is 808. The summed E-state index contributed by atoms with van der Waals surface area (Å²) in [5, 5.41) is 0. The van der Waals surface area contributed by atoms with Gasteiger partial charge in [-0.3, -0.25) is 0 Å². The van der Waals surface area contributed by atoms with Crippen molar-refractivity contribution in [2.24, 2.45) is 11.7 Å². The average molecular weight is 310 g/mol. The van der Waals surface area contributed by atoms with Crippen LogP contribution in [0.2, 0.25) is 0 Å². The number of sulfonamides is 1. The van der Waals surface area contributed by atoms with E-state index in [9.17, 15) is 13.2 Å². The molecule has 1 aromatic heterocycles. The summed E-state index contributed by atoms with van der Waals surface area (Å²) >= 11 is 0. The van der Waals surface area contributed by atoms with Gasteiger partial charge in [-0.1, -0.05) is 6.42 Å². The lowest BCUT2D eigenvalue weighted by Crippen LogP contribution is -2.39. The Morgan fingerprint density at radius 3 is 2.76 bits per heavy atom. The van der Waals surface area contributed by atoms with Gasteiger partial charge >= 0.3 is 5.69 Å². The number of rotatable bonds is 4. The van der Waals surface area contributed by atoms with E-state index in [2.05, 4.69) is 14.7 Å². The zero-order chi connectivity index (χ0) is 15.0. The fourth-order valence-corrected chi connectivity index (χ4v) is 4.29. The molecule has 1 aromatic carbocycles. The van der Waals surface area contributed by atoms with Gasteiger partial charge in [0, 0.05) is 6.04 Å². The first-order chi connectivity index (χ1) is 9.99. The normalized spacial score (nSPS) is 22.9. The van der Waals surface area contributed by atoms with Crippen LogP contribution in [0.25, 0.3) is 11.0 Å². The molecule has 0 saturated heterocycles. The minimum atomic E-state index is -3.61. The van der Waals surface area contributed by atoms with Crippen LogP contribution < -0.4 is 16.1 Å². The zero-order valence-corrected chi connectivity index (χ0v) is 12.2. The number of fused-ring (bicyclic) bond motifs is 1. The molecule has 0 aliphatic heterocycles. The van der Waals surface area contributed by atoms with E-state index in [4.69, 9.17) is 5.73 Å². The Morgan fingerprint density at radius 2 is 2.00 bits per heavy atom. The highest BCUT2D eigenvalue weighted by Crippen LogP contribution is 2.26. The topological polar surface area (TPSA) is 121 Å². The molecule has 1 heterocycles. The first-order valence-electron chi connectivity index (χ1n) is 6.94. The molecule has 0 spiro atoms. The third kappa shape index (κ3) is 2.74. The smallest absolute Gasteiger partial charge is 0.323 e. The van der Waals surface area contributed by atoms with Crippen molar-refractivity contribution in [2.75, 3.05) is 6.54 Å². The Hall–Kier alpha value is -1.64. The summed E-state index contributed by atoms with van der Waals surface area (Å²) in [7, 11) is -3.61. The Kier molecular flexibility index (Phi) is 3.60. The fourth-order valence-electron chi connectivity index (χ4n) is 2.92. The largest absolute Gasteiger partial charge is 0.330 e. The molecular formula is C13H18N4O3S. The van der Waals surface area contributed by atoms with E-state index in [1.54, 1.807) is 6.07 Å². The summed E-state index contributed by atoms with van der Waals surface area (Å²) in [6, 6.07) is 4.42. The number of benzene rings is 1. The summed E-state index contributed by atoms with van der Waals surface area (Å²) in [6.45, 7) is 0.483. The minimum absolute atomic E-state index is 0.110. The first kappa shape index (κ1) is 14.3. The Balaban J connectivity index is 1.90. The van der Waals surface area contributed by atoms with Crippen LogP contribution in [-0.2, 0) is 10.0 Å². The SMILES string of the molecule is NCC1CCCC1NS(=O)(=O)c1ccc2[nH]c(=O)[nH]c2c1. The maximum absolute atomic E-state index is 12.4. The summed E-state index contributed by atoms with van der Waals surface area (Å²) in [6.07, 6.45) is 2.75. The van der Waals surface area contributed by atoms with E-state index < -0.39 is 10.0 Å². The Morgan fingerprint density at radius 1 is 1.24 bits per heavy atom. The van der Waals surface area contributed by atoms with Gasteiger partial charge in [0.15, 0.2) is 0 Å². The monoisotopic (exact) mass is 310 g/mol. The summed E-state index contributed by atoms with van der Waals surface area (Å²) in [5.74, 6) is 0.190. The van der Waals surface area contributed by atoms with E-state index in [-0.39, 0.29) is 22.5 Å². The van der Waals surface area contributed by atoms with Crippen molar-refractivity contribution in [3.05, 3.63) is 28.7 Å². The predicted octanol–water partition coefficient (Wildman–Crippen LogP) is 0.262. The van der Waals surface area contributed by atoms with Crippen LogP contribution in [0.4, 0.5) is 0 Å². The minimum Gasteiger partial charge on any atom is -0.330 e. The van der Waals surface area contributed by atoms with Gasteiger partial charge in [0.1, 0.15) is 0 Å². The molecule has 21 heavy (non-hydrogen) atoms. The highest BCUT2D eigenvalue weighted by Gasteiger charge is 2.30. The second-order valence-electron chi connectivity index (χ2n) is 5.44. The molecular weight excluding hydrogens is 292 g/mol. The molecule has 7 nitrogen and oxygen atoms in total. The first-order valence-corrected chi connectivity index (χ1v) is 8.42. The highest BCUT2D eigenvalue weighted by atomic mass is 32.2. The number of nitrogens with two attached hydrogens (primary N) is 1. The van der Waals surface area contributed by atoms with Gasteiger partial charge < -0.3 is 15.7 Å². The number of aromatic amines is 2. The van der Waals surface area contributed by atoms with Crippen LogP contribution in [0, 0.1) is 5.92 Å². The summed E-state index contributed by atoms with van der Waals surface area (Å²) < 4.78 is 27.6. The lowest BCUT2D eigenvalue weighted by atomic mass is 10.1. The van der Waals surface area contributed by atoms with Crippen molar-refractivity contribution >= 4 is 21.1 Å². The second-order valence-corrected chi connectivity index (χ2v) is 7.15. The summed E-state index contributed by atoms with van der Waals surface area (Å²) in [4.78, 5) is 16.5. The van der Waals surface area contributed by atoms with Crippen molar-refractivity contribution < 1.29 is 8.42 Å². The third-order valence-corrected chi connectivity index (χ3v) is 5.55. The fraction of sp³-hybridized carbons (Fsp3) is 0.462. The number of hydrogen-bond acceptors (Lipinski definition) is 4. The lowest BCUT2D eigenvalue weighted by Gasteiger charge is -2.19. The van der Waals surface area contributed by atoms with E-state index >= 15 is 0 Å².